The van der Waals surface area contributed by atoms with Crippen molar-refractivity contribution in [2.24, 2.45) is 11.3 Å². The lowest BCUT2D eigenvalue weighted by Crippen LogP contribution is -2.18. The van der Waals surface area contributed by atoms with Gasteiger partial charge in [0.1, 0.15) is 5.76 Å². The van der Waals surface area contributed by atoms with Crippen LogP contribution in [0.25, 0.3) is 0 Å². The van der Waals surface area contributed by atoms with Crippen LogP contribution in [0, 0.1) is 11.3 Å². The number of hydrogen-bond acceptors (Lipinski definition) is 3. The standard InChI is InChI=1S/C15H23NO2/c1-11(2)14(3)9-7-12(13(17-6)8-10-14)15(4)16(5)18-15/h7-11H,1-6H3. The second-order valence-electron chi connectivity index (χ2n) is 5.74. The van der Waals surface area contributed by atoms with E-state index in [1.165, 1.54) is 0 Å². The second kappa shape index (κ2) is 4.25. The zero-order chi connectivity index (χ0) is 13.6. The minimum atomic E-state index is -0.353. The van der Waals surface area contributed by atoms with Gasteiger partial charge in [-0.2, -0.15) is 5.06 Å². The molecule has 1 saturated heterocycles. The Hall–Kier alpha value is -1.06. The van der Waals surface area contributed by atoms with Gasteiger partial charge in [-0.3, -0.25) is 4.84 Å². The first-order valence-electron chi connectivity index (χ1n) is 6.43. The van der Waals surface area contributed by atoms with Crippen molar-refractivity contribution < 1.29 is 9.57 Å². The molecule has 0 saturated carbocycles. The molecule has 0 radical (unpaired) electrons. The zero-order valence-electron chi connectivity index (χ0n) is 12.2. The molecule has 0 aromatic heterocycles. The van der Waals surface area contributed by atoms with E-state index < -0.39 is 0 Å². The fourth-order valence-corrected chi connectivity index (χ4v) is 2.16. The van der Waals surface area contributed by atoms with Gasteiger partial charge in [-0.1, -0.05) is 39.0 Å². The van der Waals surface area contributed by atoms with Crippen molar-refractivity contribution >= 4 is 0 Å². The Kier molecular flexibility index (Phi) is 3.16. The predicted molar refractivity (Wildman–Crippen MR) is 72.5 cm³/mol. The van der Waals surface area contributed by atoms with Crippen LogP contribution in [0.5, 0.6) is 0 Å². The number of nitrogens with zero attached hydrogens (tertiary/aromatic N) is 1. The van der Waals surface area contributed by atoms with Crippen molar-refractivity contribution in [2.75, 3.05) is 14.2 Å². The monoisotopic (exact) mass is 249 g/mol. The van der Waals surface area contributed by atoms with E-state index in [9.17, 15) is 0 Å². The molecule has 2 rings (SSSR count). The summed E-state index contributed by atoms with van der Waals surface area (Å²) in [5, 5.41) is 1.84. The van der Waals surface area contributed by atoms with Crippen LogP contribution in [0.2, 0.25) is 0 Å². The first kappa shape index (κ1) is 13.4. The molecular formula is C15H23NO2. The highest BCUT2D eigenvalue weighted by atomic mass is 16.9. The van der Waals surface area contributed by atoms with Gasteiger partial charge >= 0.3 is 0 Å². The average Bonchev–Trinajstić information content (AvgIpc) is 2.96. The van der Waals surface area contributed by atoms with E-state index in [2.05, 4.69) is 52.0 Å². The van der Waals surface area contributed by atoms with Crippen molar-refractivity contribution in [1.82, 2.24) is 5.06 Å². The third-order valence-corrected chi connectivity index (χ3v) is 4.32. The van der Waals surface area contributed by atoms with Gasteiger partial charge in [0.05, 0.1) is 7.11 Å². The topological polar surface area (TPSA) is 24.8 Å². The van der Waals surface area contributed by atoms with E-state index in [1.54, 1.807) is 7.11 Å². The molecular weight excluding hydrogens is 226 g/mol. The first-order valence-corrected chi connectivity index (χ1v) is 6.43. The smallest absolute Gasteiger partial charge is 0.190 e. The van der Waals surface area contributed by atoms with Gasteiger partial charge in [-0.25, -0.2) is 0 Å². The Morgan fingerprint density at radius 3 is 2.22 bits per heavy atom. The number of allylic oxidation sites excluding steroid dienone is 3. The summed E-state index contributed by atoms with van der Waals surface area (Å²) in [6, 6.07) is 0. The Bertz CT molecular complexity index is 436. The van der Waals surface area contributed by atoms with Crippen LogP contribution in [0.3, 0.4) is 0 Å². The summed E-state index contributed by atoms with van der Waals surface area (Å²) in [5.74, 6) is 1.41. The number of likely N-dealkylation sites (N-methyl/N-ethyl adjacent to an activating group) is 1. The van der Waals surface area contributed by atoms with Crippen LogP contribution >= 0.6 is 0 Å². The molecule has 1 aliphatic heterocycles. The summed E-state index contributed by atoms with van der Waals surface area (Å²) >= 11 is 0. The molecule has 1 aliphatic carbocycles. The van der Waals surface area contributed by atoms with Crippen LogP contribution in [0.4, 0.5) is 0 Å². The minimum Gasteiger partial charge on any atom is -0.496 e. The van der Waals surface area contributed by atoms with Crippen LogP contribution in [0.1, 0.15) is 27.7 Å². The van der Waals surface area contributed by atoms with E-state index in [4.69, 9.17) is 9.57 Å². The fraction of sp³-hybridized carbons (Fsp3) is 0.600. The minimum absolute atomic E-state index is 0.0509. The van der Waals surface area contributed by atoms with Gasteiger partial charge < -0.3 is 4.74 Å². The molecule has 3 heteroatoms. The Morgan fingerprint density at radius 2 is 1.78 bits per heavy atom. The Labute approximate surface area is 110 Å². The summed E-state index contributed by atoms with van der Waals surface area (Å²) in [6.07, 6.45) is 8.67. The lowest BCUT2D eigenvalue weighted by Gasteiger charge is -2.26. The molecule has 0 bridgehead atoms. The summed E-state index contributed by atoms with van der Waals surface area (Å²) in [5.41, 5.74) is 0.775. The molecule has 0 spiro atoms. The SMILES string of the molecule is COC1=C(C2(C)ON2C)C=CC(C)(C(C)C)C=C1. The van der Waals surface area contributed by atoms with Crippen molar-refractivity contribution in [3.05, 3.63) is 35.6 Å². The first-order chi connectivity index (χ1) is 8.33. The van der Waals surface area contributed by atoms with Gasteiger partial charge in [0.2, 0.25) is 0 Å². The lowest BCUT2D eigenvalue weighted by atomic mass is 9.79. The normalized spacial score (nSPS) is 39.2. The number of hydroxylamine groups is 2. The highest BCUT2D eigenvalue weighted by molar-refractivity contribution is 5.42. The molecule has 0 N–H and O–H groups in total. The molecule has 100 valence electrons. The predicted octanol–water partition coefficient (Wildman–Crippen LogP) is 3.27. The van der Waals surface area contributed by atoms with Crippen LogP contribution in [0.15, 0.2) is 35.6 Å². The largest absolute Gasteiger partial charge is 0.496 e. The second-order valence-corrected chi connectivity index (χ2v) is 5.74. The molecule has 3 atom stereocenters. The number of ether oxygens (including phenoxy) is 1. The highest BCUT2D eigenvalue weighted by Crippen LogP contribution is 2.44. The third kappa shape index (κ3) is 2.02. The molecule has 1 heterocycles. The molecule has 2 aliphatic rings. The van der Waals surface area contributed by atoms with Crippen LogP contribution in [-0.4, -0.2) is 24.9 Å². The van der Waals surface area contributed by atoms with Crippen molar-refractivity contribution in [1.29, 1.82) is 0 Å². The van der Waals surface area contributed by atoms with Gasteiger partial charge in [-0.15, -0.1) is 0 Å². The Morgan fingerprint density at radius 1 is 1.22 bits per heavy atom. The molecule has 0 amide bonds. The lowest BCUT2D eigenvalue weighted by molar-refractivity contribution is 0.226. The summed E-state index contributed by atoms with van der Waals surface area (Å²) in [7, 11) is 3.64. The Balaban J connectivity index is 2.40. The fourth-order valence-electron chi connectivity index (χ4n) is 2.16. The van der Waals surface area contributed by atoms with Gasteiger partial charge in [0.15, 0.2) is 5.72 Å². The van der Waals surface area contributed by atoms with E-state index >= 15 is 0 Å². The molecule has 18 heavy (non-hydrogen) atoms. The molecule has 0 aromatic rings. The van der Waals surface area contributed by atoms with Gasteiger partial charge in [-0.05, 0) is 18.9 Å². The van der Waals surface area contributed by atoms with Gasteiger partial charge in [0, 0.05) is 18.0 Å². The van der Waals surface area contributed by atoms with E-state index in [-0.39, 0.29) is 11.1 Å². The summed E-state index contributed by atoms with van der Waals surface area (Å²) in [6.45, 7) is 8.75. The quantitative estimate of drug-likeness (QED) is 0.718. The maximum absolute atomic E-state index is 5.57. The van der Waals surface area contributed by atoms with Crippen molar-refractivity contribution in [2.45, 2.75) is 33.4 Å². The van der Waals surface area contributed by atoms with E-state index in [0.29, 0.717) is 5.92 Å². The number of hydrogen-bond donors (Lipinski definition) is 0. The van der Waals surface area contributed by atoms with Crippen LogP contribution < -0.4 is 0 Å². The highest BCUT2D eigenvalue weighted by Gasteiger charge is 2.52. The molecule has 0 aromatic carbocycles. The maximum Gasteiger partial charge on any atom is 0.190 e. The van der Waals surface area contributed by atoms with Crippen molar-refractivity contribution in [3.63, 3.8) is 0 Å². The zero-order valence-corrected chi connectivity index (χ0v) is 12.2. The van der Waals surface area contributed by atoms with Gasteiger partial charge in [0.25, 0.3) is 0 Å². The molecule has 3 unspecified atom stereocenters. The molecule has 3 nitrogen and oxygen atoms in total. The summed E-state index contributed by atoms with van der Waals surface area (Å²) < 4.78 is 5.51. The molecule has 1 fully saturated rings. The maximum atomic E-state index is 5.57. The third-order valence-electron chi connectivity index (χ3n) is 4.32. The number of methoxy groups -OCH3 is 1. The van der Waals surface area contributed by atoms with Crippen LogP contribution in [-0.2, 0) is 9.57 Å². The number of rotatable bonds is 3. The van der Waals surface area contributed by atoms with E-state index in [0.717, 1.165) is 11.3 Å². The summed E-state index contributed by atoms with van der Waals surface area (Å²) in [4.78, 5) is 5.57. The van der Waals surface area contributed by atoms with E-state index in [1.807, 2.05) is 12.1 Å². The van der Waals surface area contributed by atoms with Crippen molar-refractivity contribution in [3.8, 4) is 0 Å². The average molecular weight is 249 g/mol.